The van der Waals surface area contributed by atoms with Gasteiger partial charge in [-0.1, -0.05) is 37.3 Å². The van der Waals surface area contributed by atoms with E-state index in [1.165, 1.54) is 33.2 Å². The minimum atomic E-state index is -0.254. The second kappa shape index (κ2) is 6.63. The van der Waals surface area contributed by atoms with Crippen LogP contribution in [0.25, 0.3) is 4.96 Å². The lowest BCUT2D eigenvalue weighted by molar-refractivity contribution is -0.937. The first-order chi connectivity index (χ1) is 12.4. The summed E-state index contributed by atoms with van der Waals surface area (Å²) in [5.74, 6) is 1.60. The van der Waals surface area contributed by atoms with Crippen LogP contribution in [-0.4, -0.2) is 32.8 Å². The van der Waals surface area contributed by atoms with Crippen molar-refractivity contribution in [1.29, 1.82) is 0 Å². The molecular formula is C19H24FN4OS+. The third kappa shape index (κ3) is 2.99. The largest absolute Gasteiger partial charge is 0.492 e. The first-order valence-corrected chi connectivity index (χ1v) is 9.89. The van der Waals surface area contributed by atoms with Crippen LogP contribution in [0, 0.1) is 24.6 Å². The fourth-order valence-corrected chi connectivity index (χ4v) is 5.54. The van der Waals surface area contributed by atoms with E-state index in [-0.39, 0.29) is 17.7 Å². The first-order valence-electron chi connectivity index (χ1n) is 9.08. The number of hydrogen-bond donors (Lipinski definition) is 2. The molecule has 0 spiro atoms. The molecule has 3 aromatic rings. The molecule has 0 amide bonds. The summed E-state index contributed by atoms with van der Waals surface area (Å²) in [5.41, 5.74) is 0.625. The summed E-state index contributed by atoms with van der Waals surface area (Å²) in [4.78, 5) is 7.05. The highest BCUT2D eigenvalue weighted by Crippen LogP contribution is 2.36. The zero-order valence-electron chi connectivity index (χ0n) is 15.2. The molecule has 3 atom stereocenters. The van der Waals surface area contributed by atoms with Crippen molar-refractivity contribution in [2.45, 2.75) is 33.2 Å². The number of quaternary nitrogens is 1. The number of aromatic hydroxyl groups is 1. The van der Waals surface area contributed by atoms with E-state index in [2.05, 4.69) is 23.9 Å². The molecule has 0 radical (unpaired) electrons. The Kier molecular flexibility index (Phi) is 4.44. The summed E-state index contributed by atoms with van der Waals surface area (Å²) in [6, 6.07) is 6.64. The number of hydrogen-bond acceptors (Lipinski definition) is 4. The molecule has 4 rings (SSSR count). The number of nitrogens with one attached hydrogen (secondary N) is 1. The van der Waals surface area contributed by atoms with Crippen LogP contribution in [0.3, 0.4) is 0 Å². The Morgan fingerprint density at radius 1 is 1.27 bits per heavy atom. The van der Waals surface area contributed by atoms with Gasteiger partial charge in [0.15, 0.2) is 6.04 Å². The van der Waals surface area contributed by atoms with Crippen LogP contribution in [0.2, 0.25) is 0 Å². The number of rotatable bonds is 3. The Labute approximate surface area is 156 Å². The maximum atomic E-state index is 14.7. The van der Waals surface area contributed by atoms with Gasteiger partial charge in [-0.15, -0.1) is 5.10 Å². The van der Waals surface area contributed by atoms with Gasteiger partial charge in [-0.2, -0.15) is 4.52 Å². The molecular weight excluding hydrogens is 351 g/mol. The summed E-state index contributed by atoms with van der Waals surface area (Å²) in [6.45, 7) is 8.21. The Hall–Kier alpha value is -1.99. The van der Waals surface area contributed by atoms with Crippen molar-refractivity contribution in [2.75, 3.05) is 13.1 Å². The van der Waals surface area contributed by atoms with Crippen molar-refractivity contribution >= 4 is 16.3 Å². The molecule has 1 aromatic carbocycles. The van der Waals surface area contributed by atoms with Crippen LogP contribution in [0.4, 0.5) is 4.39 Å². The molecule has 1 fully saturated rings. The summed E-state index contributed by atoms with van der Waals surface area (Å²) < 4.78 is 16.2. The van der Waals surface area contributed by atoms with Crippen LogP contribution in [-0.2, 0) is 0 Å². The number of halogens is 1. The van der Waals surface area contributed by atoms with Crippen LogP contribution in [0.1, 0.15) is 42.6 Å². The molecule has 138 valence electrons. The average molecular weight is 375 g/mol. The Morgan fingerprint density at radius 3 is 2.62 bits per heavy atom. The van der Waals surface area contributed by atoms with Crippen LogP contribution < -0.4 is 4.90 Å². The first kappa shape index (κ1) is 17.4. The summed E-state index contributed by atoms with van der Waals surface area (Å²) >= 11 is 1.40. The van der Waals surface area contributed by atoms with Gasteiger partial charge in [0, 0.05) is 11.8 Å². The lowest BCUT2D eigenvalue weighted by Gasteiger charge is -2.37. The second-order valence-electron chi connectivity index (χ2n) is 7.61. The third-order valence-corrected chi connectivity index (χ3v) is 6.30. The number of thiazole rings is 1. The van der Waals surface area contributed by atoms with Crippen molar-refractivity contribution in [2.24, 2.45) is 11.8 Å². The molecule has 2 N–H and O–H groups in total. The lowest BCUT2D eigenvalue weighted by atomic mass is 9.89. The van der Waals surface area contributed by atoms with E-state index in [9.17, 15) is 9.50 Å². The van der Waals surface area contributed by atoms with Gasteiger partial charge in [0.25, 0.3) is 0 Å². The van der Waals surface area contributed by atoms with E-state index in [0.717, 1.165) is 18.0 Å². The van der Waals surface area contributed by atoms with E-state index in [4.69, 9.17) is 0 Å². The maximum absolute atomic E-state index is 14.7. The van der Waals surface area contributed by atoms with Gasteiger partial charge in [-0.3, -0.25) is 0 Å². The number of fused-ring (bicyclic) bond motifs is 1. The molecule has 0 saturated carbocycles. The van der Waals surface area contributed by atoms with Gasteiger partial charge in [0.2, 0.25) is 10.8 Å². The standard InChI is InChI=1S/C19H23FN4OS/c1-11-8-12(2)10-23(9-11)16(14-6-4-5-7-15(14)20)17-18(25)24-19(26-17)21-13(3)22-24/h4-7,11-12,16,25H,8-10H2,1-3H3/p+1/t11-,12-,16+/m0/s1. The number of piperidine rings is 1. The Balaban J connectivity index is 1.85. The molecule has 1 aliphatic rings. The van der Waals surface area contributed by atoms with Gasteiger partial charge in [0.1, 0.15) is 16.5 Å². The molecule has 5 nitrogen and oxygen atoms in total. The normalized spacial score (nSPS) is 24.8. The summed E-state index contributed by atoms with van der Waals surface area (Å²) in [6.07, 6.45) is 1.19. The molecule has 1 aliphatic heterocycles. The zero-order valence-corrected chi connectivity index (χ0v) is 16.1. The monoisotopic (exact) mass is 375 g/mol. The molecule has 7 heteroatoms. The predicted octanol–water partition coefficient (Wildman–Crippen LogP) is 2.59. The van der Waals surface area contributed by atoms with Crippen molar-refractivity contribution < 1.29 is 14.4 Å². The van der Waals surface area contributed by atoms with Gasteiger partial charge >= 0.3 is 0 Å². The van der Waals surface area contributed by atoms with Crippen LogP contribution >= 0.6 is 11.3 Å². The Morgan fingerprint density at radius 2 is 1.96 bits per heavy atom. The highest BCUT2D eigenvalue weighted by molar-refractivity contribution is 7.17. The fraction of sp³-hybridized carbons (Fsp3) is 0.474. The number of benzene rings is 1. The van der Waals surface area contributed by atoms with E-state index in [1.807, 2.05) is 12.1 Å². The zero-order chi connectivity index (χ0) is 18.4. The van der Waals surface area contributed by atoms with E-state index >= 15 is 0 Å². The van der Waals surface area contributed by atoms with Crippen molar-refractivity contribution in [3.8, 4) is 5.88 Å². The molecule has 1 saturated heterocycles. The van der Waals surface area contributed by atoms with Crippen molar-refractivity contribution in [3.63, 3.8) is 0 Å². The van der Waals surface area contributed by atoms with Gasteiger partial charge in [0.05, 0.1) is 18.7 Å². The highest BCUT2D eigenvalue weighted by Gasteiger charge is 2.38. The van der Waals surface area contributed by atoms with Gasteiger partial charge in [-0.05, 0) is 25.5 Å². The van der Waals surface area contributed by atoms with Crippen LogP contribution in [0.5, 0.6) is 5.88 Å². The molecule has 0 aliphatic carbocycles. The quantitative estimate of drug-likeness (QED) is 0.740. The Bertz CT molecular complexity index is 927. The SMILES string of the molecule is Cc1nc2sc([C@@H](c3ccccc3F)[NH+]3C[C@@H](C)C[C@H](C)C3)c(O)n2n1. The minimum Gasteiger partial charge on any atom is -0.492 e. The highest BCUT2D eigenvalue weighted by atomic mass is 32.1. The van der Waals surface area contributed by atoms with Crippen molar-refractivity contribution in [3.05, 3.63) is 46.3 Å². The maximum Gasteiger partial charge on any atom is 0.235 e. The molecule has 2 aromatic heterocycles. The van der Waals surface area contributed by atoms with Gasteiger partial charge in [-0.25, -0.2) is 9.37 Å². The lowest BCUT2D eigenvalue weighted by Crippen LogP contribution is -3.14. The second-order valence-corrected chi connectivity index (χ2v) is 8.62. The third-order valence-electron chi connectivity index (χ3n) is 5.22. The van der Waals surface area contributed by atoms with E-state index in [0.29, 0.717) is 28.2 Å². The number of likely N-dealkylation sites (tertiary alicyclic amines) is 1. The van der Waals surface area contributed by atoms with E-state index in [1.54, 1.807) is 13.0 Å². The minimum absolute atomic E-state index is 0.0808. The summed E-state index contributed by atoms with van der Waals surface area (Å²) in [7, 11) is 0. The molecule has 0 bridgehead atoms. The summed E-state index contributed by atoms with van der Waals surface area (Å²) in [5, 5.41) is 15.1. The molecule has 3 heterocycles. The van der Waals surface area contributed by atoms with Crippen molar-refractivity contribution in [1.82, 2.24) is 14.6 Å². The average Bonchev–Trinajstić information content (AvgIpc) is 3.07. The number of nitrogens with zero attached hydrogens (tertiary/aromatic N) is 3. The van der Waals surface area contributed by atoms with E-state index < -0.39 is 0 Å². The van der Waals surface area contributed by atoms with Crippen LogP contribution in [0.15, 0.2) is 24.3 Å². The number of aromatic nitrogens is 3. The molecule has 26 heavy (non-hydrogen) atoms. The predicted molar refractivity (Wildman–Crippen MR) is 99.2 cm³/mol. The topological polar surface area (TPSA) is 54.9 Å². The van der Waals surface area contributed by atoms with Gasteiger partial charge < -0.3 is 10.0 Å². The number of aryl methyl sites for hydroxylation is 1. The fourth-order valence-electron chi connectivity index (χ4n) is 4.36. The molecule has 0 unspecified atom stereocenters. The smallest absolute Gasteiger partial charge is 0.235 e.